The van der Waals surface area contributed by atoms with Gasteiger partial charge in [0.05, 0.1) is 17.7 Å². The highest BCUT2D eigenvalue weighted by Gasteiger charge is 2.19. The maximum Gasteiger partial charge on any atom is 0.262 e. The fourth-order valence-corrected chi connectivity index (χ4v) is 4.50. The molecule has 2 N–H and O–H groups in total. The van der Waals surface area contributed by atoms with Gasteiger partial charge in [0.25, 0.3) is 15.9 Å². The molecule has 0 spiro atoms. The van der Waals surface area contributed by atoms with E-state index in [4.69, 9.17) is 16.3 Å². The van der Waals surface area contributed by atoms with Crippen LogP contribution in [0, 0.1) is 0 Å². The Bertz CT molecular complexity index is 1420. The molecule has 9 nitrogen and oxygen atoms in total. The summed E-state index contributed by atoms with van der Waals surface area (Å²) in [5.74, 6) is 0.626. The van der Waals surface area contributed by atoms with E-state index in [1.807, 2.05) is 28.8 Å². The van der Waals surface area contributed by atoms with Crippen LogP contribution >= 0.6 is 11.6 Å². The lowest BCUT2D eigenvalue weighted by Crippen LogP contribution is -2.26. The first-order valence-electron chi connectivity index (χ1n) is 9.90. The Morgan fingerprint density at radius 3 is 2.76 bits per heavy atom. The van der Waals surface area contributed by atoms with Crippen LogP contribution in [0.1, 0.15) is 16.2 Å². The van der Waals surface area contributed by atoms with Crippen LogP contribution < -0.4 is 14.8 Å². The molecule has 11 heteroatoms. The lowest BCUT2D eigenvalue weighted by Gasteiger charge is -2.13. The summed E-state index contributed by atoms with van der Waals surface area (Å²) in [7, 11) is -2.56. The van der Waals surface area contributed by atoms with E-state index >= 15 is 0 Å². The van der Waals surface area contributed by atoms with Crippen LogP contribution in [0.5, 0.6) is 5.75 Å². The number of carbonyl (C=O) groups excluding carboxylic acids is 1. The molecule has 0 bridgehead atoms. The zero-order valence-corrected chi connectivity index (χ0v) is 19.1. The number of amides is 1. The molecule has 2 aromatic carbocycles. The summed E-state index contributed by atoms with van der Waals surface area (Å²) in [6.07, 6.45) is 2.31. The van der Waals surface area contributed by atoms with Gasteiger partial charge in [-0.3, -0.25) is 13.9 Å². The maximum atomic E-state index is 12.9. The second-order valence-electron chi connectivity index (χ2n) is 7.03. The predicted octanol–water partition coefficient (Wildman–Crippen LogP) is 3.16. The zero-order valence-electron chi connectivity index (χ0n) is 17.5. The summed E-state index contributed by atoms with van der Waals surface area (Å²) in [6.45, 7) is 0.309. The van der Waals surface area contributed by atoms with E-state index < -0.39 is 15.9 Å². The Morgan fingerprint density at radius 1 is 1.09 bits per heavy atom. The minimum atomic E-state index is -3.99. The largest absolute Gasteiger partial charge is 0.495 e. The number of anilines is 1. The van der Waals surface area contributed by atoms with Gasteiger partial charge in [-0.1, -0.05) is 23.7 Å². The molecule has 4 aromatic rings. The molecule has 0 saturated heterocycles. The SMILES string of the molecule is COc1ccc(Cl)cc1NS(=O)(=O)c1cccc(C(=O)NCCc2nnc3ccccn23)c1. The van der Waals surface area contributed by atoms with Gasteiger partial charge >= 0.3 is 0 Å². The van der Waals surface area contributed by atoms with Gasteiger partial charge in [-0.15, -0.1) is 10.2 Å². The Kier molecular flexibility index (Phi) is 6.47. The molecule has 2 heterocycles. The van der Waals surface area contributed by atoms with E-state index in [0.717, 1.165) is 5.65 Å². The van der Waals surface area contributed by atoms with Crippen LogP contribution in [0.4, 0.5) is 5.69 Å². The normalized spacial score (nSPS) is 11.3. The summed E-state index contributed by atoms with van der Waals surface area (Å²) in [4.78, 5) is 12.5. The number of methoxy groups -OCH3 is 1. The number of hydrogen-bond donors (Lipinski definition) is 2. The molecule has 0 unspecified atom stereocenters. The molecule has 0 aliphatic carbocycles. The summed E-state index contributed by atoms with van der Waals surface area (Å²) >= 11 is 5.98. The van der Waals surface area contributed by atoms with Crippen molar-refractivity contribution in [3.63, 3.8) is 0 Å². The average molecular weight is 486 g/mol. The Hall–Kier alpha value is -3.63. The number of hydrogen-bond acceptors (Lipinski definition) is 6. The number of aromatic nitrogens is 3. The van der Waals surface area contributed by atoms with Gasteiger partial charge < -0.3 is 10.1 Å². The number of carbonyl (C=O) groups is 1. The van der Waals surface area contributed by atoms with E-state index in [1.54, 1.807) is 18.2 Å². The number of ether oxygens (including phenoxy) is 1. The quantitative estimate of drug-likeness (QED) is 0.396. The minimum absolute atomic E-state index is 0.0689. The molecule has 1 amide bonds. The standard InChI is InChI=1S/C22H20ClN5O4S/c1-32-19-9-8-16(23)14-18(19)27-33(30,31)17-6-4-5-15(13-17)22(29)24-11-10-21-26-25-20-7-2-3-12-28(20)21/h2-9,12-14,27H,10-11H2,1H3,(H,24,29). The van der Waals surface area contributed by atoms with E-state index in [0.29, 0.717) is 29.6 Å². The van der Waals surface area contributed by atoms with Gasteiger partial charge in [0.2, 0.25) is 0 Å². The van der Waals surface area contributed by atoms with Crippen molar-refractivity contribution in [3.05, 3.63) is 83.3 Å². The first-order chi connectivity index (χ1) is 15.9. The molecular formula is C22H20ClN5O4S. The van der Waals surface area contributed by atoms with Crippen LogP contribution in [0.15, 0.2) is 71.8 Å². The Balaban J connectivity index is 1.45. The van der Waals surface area contributed by atoms with Crippen molar-refractivity contribution in [1.82, 2.24) is 19.9 Å². The molecule has 0 aliphatic heterocycles. The summed E-state index contributed by atoms with van der Waals surface area (Å²) < 4.78 is 35.3. The third-order valence-corrected chi connectivity index (χ3v) is 6.43. The fraction of sp³-hybridized carbons (Fsp3) is 0.136. The van der Waals surface area contributed by atoms with Crippen molar-refractivity contribution in [3.8, 4) is 5.75 Å². The zero-order chi connectivity index (χ0) is 23.4. The predicted molar refractivity (Wildman–Crippen MR) is 124 cm³/mol. The van der Waals surface area contributed by atoms with Crippen molar-refractivity contribution in [1.29, 1.82) is 0 Å². The van der Waals surface area contributed by atoms with Gasteiger partial charge in [-0.2, -0.15) is 0 Å². The lowest BCUT2D eigenvalue weighted by atomic mass is 10.2. The fourth-order valence-electron chi connectivity index (χ4n) is 3.22. The molecule has 170 valence electrons. The number of pyridine rings is 1. The second-order valence-corrected chi connectivity index (χ2v) is 9.15. The second kappa shape index (κ2) is 9.47. The number of halogens is 1. The van der Waals surface area contributed by atoms with Gasteiger partial charge in [0.1, 0.15) is 11.6 Å². The highest BCUT2D eigenvalue weighted by Crippen LogP contribution is 2.30. The van der Waals surface area contributed by atoms with Crippen LogP contribution in [0.2, 0.25) is 5.02 Å². The van der Waals surface area contributed by atoms with Crippen molar-refractivity contribution < 1.29 is 17.9 Å². The van der Waals surface area contributed by atoms with E-state index in [1.165, 1.54) is 31.4 Å². The number of sulfonamides is 1. The molecule has 0 aliphatic rings. The number of benzene rings is 2. The minimum Gasteiger partial charge on any atom is -0.495 e. The van der Waals surface area contributed by atoms with Crippen molar-refractivity contribution >= 4 is 38.9 Å². The molecule has 0 fully saturated rings. The molecule has 0 saturated carbocycles. The maximum absolute atomic E-state index is 12.9. The van der Waals surface area contributed by atoms with Crippen LogP contribution in [0.3, 0.4) is 0 Å². The van der Waals surface area contributed by atoms with E-state index in [2.05, 4.69) is 20.2 Å². The van der Waals surface area contributed by atoms with Gasteiger partial charge in [-0.05, 0) is 48.5 Å². The third kappa shape index (κ3) is 5.07. The summed E-state index contributed by atoms with van der Waals surface area (Å²) in [5, 5.41) is 11.3. The first-order valence-corrected chi connectivity index (χ1v) is 11.8. The number of rotatable bonds is 8. The molecule has 4 rings (SSSR count). The molecule has 0 radical (unpaired) electrons. The lowest BCUT2D eigenvalue weighted by molar-refractivity contribution is 0.0953. The van der Waals surface area contributed by atoms with Crippen molar-refractivity contribution in [2.45, 2.75) is 11.3 Å². The topological polar surface area (TPSA) is 115 Å². The average Bonchev–Trinajstić information content (AvgIpc) is 3.22. The number of fused-ring (bicyclic) bond motifs is 1. The Labute approximate surface area is 195 Å². The molecule has 33 heavy (non-hydrogen) atoms. The first kappa shape index (κ1) is 22.6. The Morgan fingerprint density at radius 2 is 1.94 bits per heavy atom. The van der Waals surface area contributed by atoms with Crippen LogP contribution in [-0.4, -0.2) is 42.6 Å². The number of nitrogens with zero attached hydrogens (tertiary/aromatic N) is 3. The molecular weight excluding hydrogens is 466 g/mol. The van der Waals surface area contributed by atoms with Gasteiger partial charge in [0, 0.05) is 29.7 Å². The van der Waals surface area contributed by atoms with Crippen molar-refractivity contribution in [2.75, 3.05) is 18.4 Å². The third-order valence-electron chi connectivity index (χ3n) is 4.83. The highest BCUT2D eigenvalue weighted by molar-refractivity contribution is 7.92. The van der Waals surface area contributed by atoms with E-state index in [9.17, 15) is 13.2 Å². The summed E-state index contributed by atoms with van der Waals surface area (Å²) in [5.41, 5.74) is 1.13. The monoisotopic (exact) mass is 485 g/mol. The molecule has 0 atom stereocenters. The van der Waals surface area contributed by atoms with Crippen LogP contribution in [0.25, 0.3) is 5.65 Å². The smallest absolute Gasteiger partial charge is 0.262 e. The summed E-state index contributed by atoms with van der Waals surface area (Å²) in [6, 6.07) is 15.9. The van der Waals surface area contributed by atoms with Crippen molar-refractivity contribution in [2.24, 2.45) is 0 Å². The highest BCUT2D eigenvalue weighted by atomic mass is 35.5. The molecule has 2 aromatic heterocycles. The number of nitrogens with one attached hydrogen (secondary N) is 2. The van der Waals surface area contributed by atoms with E-state index in [-0.39, 0.29) is 16.1 Å². The van der Waals surface area contributed by atoms with Gasteiger partial charge in [-0.25, -0.2) is 8.42 Å². The van der Waals surface area contributed by atoms with Gasteiger partial charge in [0.15, 0.2) is 5.65 Å². The van der Waals surface area contributed by atoms with Crippen LogP contribution in [-0.2, 0) is 16.4 Å².